The molecule has 0 aliphatic rings. The number of benzene rings is 2. The third kappa shape index (κ3) is 2.87. The van der Waals surface area contributed by atoms with Crippen molar-refractivity contribution in [2.45, 2.75) is 13.5 Å². The molecule has 0 saturated carbocycles. The Morgan fingerprint density at radius 2 is 2.09 bits per heavy atom. The number of esters is 1. The molecular formula is C17H16ClN3O2. The van der Waals surface area contributed by atoms with Crippen LogP contribution in [0.15, 0.2) is 36.4 Å². The number of methoxy groups -OCH3 is 1. The summed E-state index contributed by atoms with van der Waals surface area (Å²) in [6, 6.07) is 11.0. The molecule has 23 heavy (non-hydrogen) atoms. The standard InChI is InChI=1S/C17H16ClN3O2/c1-10-7-12(18)4-3-11(10)9-21-15-8-13(19)5-6-14(15)16(20-21)17(22)23-2/h3-8H,9,19H2,1-2H3. The van der Waals surface area contributed by atoms with E-state index in [0.717, 1.165) is 22.0 Å². The molecule has 0 bridgehead atoms. The zero-order valence-electron chi connectivity index (χ0n) is 12.8. The van der Waals surface area contributed by atoms with Crippen LogP contribution in [0.2, 0.25) is 5.02 Å². The van der Waals surface area contributed by atoms with Crippen LogP contribution in [0.1, 0.15) is 21.6 Å². The highest BCUT2D eigenvalue weighted by Crippen LogP contribution is 2.24. The molecule has 6 heteroatoms. The van der Waals surface area contributed by atoms with Crippen molar-refractivity contribution in [1.82, 2.24) is 9.78 Å². The molecule has 118 valence electrons. The fourth-order valence-corrected chi connectivity index (χ4v) is 2.78. The minimum atomic E-state index is -0.466. The molecule has 1 heterocycles. The van der Waals surface area contributed by atoms with Gasteiger partial charge < -0.3 is 10.5 Å². The van der Waals surface area contributed by atoms with Crippen LogP contribution in [0.5, 0.6) is 0 Å². The molecule has 3 aromatic rings. The molecule has 0 atom stereocenters. The number of ether oxygens (including phenoxy) is 1. The van der Waals surface area contributed by atoms with E-state index in [-0.39, 0.29) is 5.69 Å². The van der Waals surface area contributed by atoms with Gasteiger partial charge in [0, 0.05) is 16.1 Å². The quantitative estimate of drug-likeness (QED) is 0.590. The number of carbonyl (C=O) groups excluding carboxylic acids is 1. The highest BCUT2D eigenvalue weighted by atomic mass is 35.5. The van der Waals surface area contributed by atoms with Gasteiger partial charge in [-0.15, -0.1) is 0 Å². The number of hydrogen-bond donors (Lipinski definition) is 1. The SMILES string of the molecule is COC(=O)c1nn(Cc2ccc(Cl)cc2C)c2cc(N)ccc12. The average Bonchev–Trinajstić information content (AvgIpc) is 2.87. The minimum Gasteiger partial charge on any atom is -0.464 e. The number of nitrogen functional groups attached to an aromatic ring is 1. The van der Waals surface area contributed by atoms with Crippen molar-refractivity contribution in [2.24, 2.45) is 0 Å². The van der Waals surface area contributed by atoms with Crippen molar-refractivity contribution in [3.63, 3.8) is 0 Å². The van der Waals surface area contributed by atoms with Gasteiger partial charge in [0.1, 0.15) is 0 Å². The van der Waals surface area contributed by atoms with Crippen LogP contribution in [0.3, 0.4) is 0 Å². The van der Waals surface area contributed by atoms with Gasteiger partial charge in [-0.1, -0.05) is 17.7 Å². The first kappa shape index (κ1) is 15.4. The molecule has 0 amide bonds. The fourth-order valence-electron chi connectivity index (χ4n) is 2.56. The van der Waals surface area contributed by atoms with Gasteiger partial charge in [-0.05, 0) is 48.4 Å². The maximum absolute atomic E-state index is 11.9. The van der Waals surface area contributed by atoms with E-state index < -0.39 is 5.97 Å². The Labute approximate surface area is 138 Å². The Morgan fingerprint density at radius 3 is 2.78 bits per heavy atom. The molecule has 2 aromatic carbocycles. The summed E-state index contributed by atoms with van der Waals surface area (Å²) in [5, 5.41) is 5.82. The zero-order chi connectivity index (χ0) is 16.6. The zero-order valence-corrected chi connectivity index (χ0v) is 13.6. The Kier molecular flexibility index (Phi) is 3.96. The summed E-state index contributed by atoms with van der Waals surface area (Å²) in [4.78, 5) is 11.9. The average molecular weight is 330 g/mol. The molecule has 0 saturated heterocycles. The second-order valence-electron chi connectivity index (χ2n) is 5.35. The van der Waals surface area contributed by atoms with Crippen LogP contribution in [0.25, 0.3) is 10.9 Å². The van der Waals surface area contributed by atoms with Crippen LogP contribution in [0, 0.1) is 6.92 Å². The lowest BCUT2D eigenvalue weighted by Gasteiger charge is -2.08. The van der Waals surface area contributed by atoms with Gasteiger partial charge in [-0.25, -0.2) is 4.79 Å². The minimum absolute atomic E-state index is 0.286. The first-order valence-corrected chi connectivity index (χ1v) is 7.47. The van der Waals surface area contributed by atoms with E-state index >= 15 is 0 Å². The summed E-state index contributed by atoms with van der Waals surface area (Å²) >= 11 is 6.00. The van der Waals surface area contributed by atoms with Gasteiger partial charge in [-0.3, -0.25) is 4.68 Å². The van der Waals surface area contributed by atoms with E-state index in [1.54, 1.807) is 22.9 Å². The van der Waals surface area contributed by atoms with Crippen molar-refractivity contribution >= 4 is 34.2 Å². The third-order valence-corrected chi connectivity index (χ3v) is 4.01. The van der Waals surface area contributed by atoms with Crippen LogP contribution in [0.4, 0.5) is 5.69 Å². The van der Waals surface area contributed by atoms with E-state index in [4.69, 9.17) is 22.1 Å². The van der Waals surface area contributed by atoms with Crippen LogP contribution in [-0.4, -0.2) is 22.9 Å². The van der Waals surface area contributed by atoms with Crippen molar-refractivity contribution in [1.29, 1.82) is 0 Å². The first-order valence-electron chi connectivity index (χ1n) is 7.09. The summed E-state index contributed by atoms with van der Waals surface area (Å²) in [5.74, 6) is -0.466. The molecule has 0 spiro atoms. The normalized spacial score (nSPS) is 10.9. The molecule has 1 aromatic heterocycles. The molecular weight excluding hydrogens is 314 g/mol. The number of rotatable bonds is 3. The molecule has 5 nitrogen and oxygen atoms in total. The van der Waals surface area contributed by atoms with Crippen molar-refractivity contribution in [3.8, 4) is 0 Å². The Bertz CT molecular complexity index is 902. The smallest absolute Gasteiger partial charge is 0.359 e. The monoisotopic (exact) mass is 329 g/mol. The fraction of sp³-hybridized carbons (Fsp3) is 0.176. The van der Waals surface area contributed by atoms with Crippen LogP contribution < -0.4 is 5.73 Å². The predicted octanol–water partition coefficient (Wildman–Crippen LogP) is 3.42. The van der Waals surface area contributed by atoms with E-state index in [9.17, 15) is 4.79 Å². The van der Waals surface area contributed by atoms with Crippen molar-refractivity contribution in [2.75, 3.05) is 12.8 Å². The van der Waals surface area contributed by atoms with Crippen molar-refractivity contribution in [3.05, 3.63) is 58.2 Å². The second kappa shape index (κ2) is 5.93. The Morgan fingerprint density at radius 1 is 1.30 bits per heavy atom. The van der Waals surface area contributed by atoms with E-state index in [2.05, 4.69) is 5.10 Å². The second-order valence-corrected chi connectivity index (χ2v) is 5.78. The maximum Gasteiger partial charge on any atom is 0.359 e. The molecule has 2 N–H and O–H groups in total. The molecule has 0 fully saturated rings. The number of anilines is 1. The third-order valence-electron chi connectivity index (χ3n) is 3.78. The summed E-state index contributed by atoms with van der Waals surface area (Å²) in [6.07, 6.45) is 0. The summed E-state index contributed by atoms with van der Waals surface area (Å²) < 4.78 is 6.57. The van der Waals surface area contributed by atoms with E-state index in [1.165, 1.54) is 7.11 Å². The number of carbonyl (C=O) groups is 1. The number of hydrogen-bond acceptors (Lipinski definition) is 4. The number of aryl methyl sites for hydroxylation is 1. The predicted molar refractivity (Wildman–Crippen MR) is 90.8 cm³/mol. The Hall–Kier alpha value is -2.53. The first-order chi connectivity index (χ1) is 11.0. The van der Waals surface area contributed by atoms with Crippen LogP contribution >= 0.6 is 11.6 Å². The van der Waals surface area contributed by atoms with Gasteiger partial charge in [0.25, 0.3) is 0 Å². The van der Waals surface area contributed by atoms with E-state index in [1.807, 2.05) is 25.1 Å². The molecule has 0 unspecified atom stereocenters. The van der Waals surface area contributed by atoms with Gasteiger partial charge in [0.05, 0.1) is 19.2 Å². The van der Waals surface area contributed by atoms with E-state index in [0.29, 0.717) is 17.3 Å². The van der Waals surface area contributed by atoms with Crippen LogP contribution in [-0.2, 0) is 11.3 Å². The van der Waals surface area contributed by atoms with Gasteiger partial charge in [-0.2, -0.15) is 5.10 Å². The summed E-state index contributed by atoms with van der Waals surface area (Å²) in [6.45, 7) is 2.50. The molecule has 3 rings (SSSR count). The maximum atomic E-state index is 11.9. The lowest BCUT2D eigenvalue weighted by Crippen LogP contribution is -2.07. The highest BCUT2D eigenvalue weighted by Gasteiger charge is 2.18. The summed E-state index contributed by atoms with van der Waals surface area (Å²) in [5.41, 5.74) is 9.70. The molecule has 0 aliphatic carbocycles. The summed E-state index contributed by atoms with van der Waals surface area (Å²) in [7, 11) is 1.34. The lowest BCUT2D eigenvalue weighted by atomic mass is 10.1. The topological polar surface area (TPSA) is 70.1 Å². The molecule has 0 aliphatic heterocycles. The number of nitrogens with two attached hydrogens (primary N) is 1. The number of halogens is 1. The number of aromatic nitrogens is 2. The Balaban J connectivity index is 2.13. The molecule has 0 radical (unpaired) electrons. The van der Waals surface area contributed by atoms with Gasteiger partial charge in [0.15, 0.2) is 5.69 Å². The number of fused-ring (bicyclic) bond motifs is 1. The number of nitrogens with zero attached hydrogens (tertiary/aromatic N) is 2. The van der Waals surface area contributed by atoms with Crippen molar-refractivity contribution < 1.29 is 9.53 Å². The lowest BCUT2D eigenvalue weighted by molar-refractivity contribution is 0.0595. The largest absolute Gasteiger partial charge is 0.464 e. The highest BCUT2D eigenvalue weighted by molar-refractivity contribution is 6.30. The van der Waals surface area contributed by atoms with Gasteiger partial charge in [0.2, 0.25) is 0 Å². The van der Waals surface area contributed by atoms with Gasteiger partial charge >= 0.3 is 5.97 Å².